The van der Waals surface area contributed by atoms with Crippen LogP contribution in [0.2, 0.25) is 0 Å². The van der Waals surface area contributed by atoms with Crippen LogP contribution in [0.1, 0.15) is 44.2 Å². The van der Waals surface area contributed by atoms with Crippen LogP contribution < -0.4 is 5.32 Å². The summed E-state index contributed by atoms with van der Waals surface area (Å²) in [5.74, 6) is -0.0362. The van der Waals surface area contributed by atoms with E-state index in [9.17, 15) is 9.90 Å². The smallest absolute Gasteiger partial charge is 0.242 e. The first-order valence-corrected chi connectivity index (χ1v) is 7.81. The minimum atomic E-state index is -0.707. The van der Waals surface area contributed by atoms with Crippen molar-refractivity contribution in [2.45, 2.75) is 44.2 Å². The molecule has 1 aromatic rings. The van der Waals surface area contributed by atoms with E-state index in [4.69, 9.17) is 0 Å². The van der Waals surface area contributed by atoms with Crippen molar-refractivity contribution in [2.24, 2.45) is 0 Å². The number of carbonyl (C=O) groups excluding carboxylic acids is 1. The van der Waals surface area contributed by atoms with Gasteiger partial charge in [-0.15, -0.1) is 0 Å². The minimum absolute atomic E-state index is 0.0362. The summed E-state index contributed by atoms with van der Waals surface area (Å²) < 4.78 is 0. The number of carbonyl (C=O) groups is 1. The van der Waals surface area contributed by atoms with E-state index in [-0.39, 0.29) is 11.9 Å². The van der Waals surface area contributed by atoms with E-state index < -0.39 is 5.60 Å². The predicted octanol–water partition coefficient (Wildman–Crippen LogP) is 2.10. The van der Waals surface area contributed by atoms with Crippen LogP contribution in [0.15, 0.2) is 30.3 Å². The SMILES string of the molecule is CCN(C)C(C(=O)NCC1(O)CCCC1)c1ccccc1. The average molecular weight is 290 g/mol. The van der Waals surface area contributed by atoms with Gasteiger partial charge in [-0.05, 0) is 32.0 Å². The van der Waals surface area contributed by atoms with E-state index in [0.717, 1.165) is 37.8 Å². The van der Waals surface area contributed by atoms with Crippen LogP contribution in [-0.4, -0.2) is 41.7 Å². The third-order valence-electron chi connectivity index (χ3n) is 4.43. The van der Waals surface area contributed by atoms with Crippen LogP contribution in [0, 0.1) is 0 Å². The van der Waals surface area contributed by atoms with Gasteiger partial charge in [0.25, 0.3) is 0 Å². The molecule has 1 aromatic carbocycles. The number of hydrogen-bond donors (Lipinski definition) is 2. The maximum absolute atomic E-state index is 12.6. The zero-order valence-electron chi connectivity index (χ0n) is 13.0. The topological polar surface area (TPSA) is 52.6 Å². The molecule has 2 N–H and O–H groups in total. The van der Waals surface area contributed by atoms with Crippen LogP contribution >= 0.6 is 0 Å². The Morgan fingerprint density at radius 3 is 2.52 bits per heavy atom. The fourth-order valence-corrected chi connectivity index (χ4v) is 2.98. The van der Waals surface area contributed by atoms with Gasteiger partial charge < -0.3 is 10.4 Å². The molecule has 4 nitrogen and oxygen atoms in total. The predicted molar refractivity (Wildman–Crippen MR) is 83.9 cm³/mol. The molecule has 1 unspecified atom stereocenters. The first kappa shape index (κ1) is 16.0. The first-order valence-electron chi connectivity index (χ1n) is 7.81. The highest BCUT2D eigenvalue weighted by molar-refractivity contribution is 5.83. The quantitative estimate of drug-likeness (QED) is 0.843. The molecule has 1 saturated carbocycles. The van der Waals surface area contributed by atoms with Crippen molar-refractivity contribution < 1.29 is 9.90 Å². The minimum Gasteiger partial charge on any atom is -0.388 e. The molecule has 0 saturated heterocycles. The molecule has 0 aromatic heterocycles. The lowest BCUT2D eigenvalue weighted by Gasteiger charge is -2.29. The van der Waals surface area contributed by atoms with Crippen molar-refractivity contribution in [2.75, 3.05) is 20.1 Å². The molecule has 1 fully saturated rings. The van der Waals surface area contributed by atoms with E-state index in [1.807, 2.05) is 49.2 Å². The van der Waals surface area contributed by atoms with E-state index >= 15 is 0 Å². The highest BCUT2D eigenvalue weighted by Crippen LogP contribution is 2.29. The monoisotopic (exact) mass is 290 g/mol. The number of benzene rings is 1. The molecule has 0 aliphatic heterocycles. The van der Waals surface area contributed by atoms with Crippen LogP contribution in [-0.2, 0) is 4.79 Å². The lowest BCUT2D eigenvalue weighted by atomic mass is 10.0. The van der Waals surface area contributed by atoms with Gasteiger partial charge >= 0.3 is 0 Å². The van der Waals surface area contributed by atoms with Gasteiger partial charge in [-0.1, -0.05) is 50.1 Å². The Labute approximate surface area is 127 Å². The van der Waals surface area contributed by atoms with E-state index in [1.165, 1.54) is 0 Å². The Morgan fingerprint density at radius 1 is 1.33 bits per heavy atom. The second kappa shape index (κ2) is 7.05. The molecule has 1 aliphatic carbocycles. The molecule has 2 rings (SSSR count). The van der Waals surface area contributed by atoms with Gasteiger partial charge in [0.1, 0.15) is 6.04 Å². The zero-order chi connectivity index (χ0) is 15.3. The normalized spacial score (nSPS) is 18.7. The number of hydrogen-bond acceptors (Lipinski definition) is 3. The third-order valence-corrected chi connectivity index (χ3v) is 4.43. The summed E-state index contributed by atoms with van der Waals surface area (Å²) in [7, 11) is 1.95. The molecule has 0 heterocycles. The molecule has 4 heteroatoms. The van der Waals surface area contributed by atoms with Gasteiger partial charge in [0.05, 0.1) is 5.60 Å². The molecule has 1 aliphatic rings. The maximum Gasteiger partial charge on any atom is 0.242 e. The van der Waals surface area contributed by atoms with Crippen molar-refractivity contribution in [3.05, 3.63) is 35.9 Å². The standard InChI is InChI=1S/C17H26N2O2/c1-3-19(2)15(14-9-5-4-6-10-14)16(20)18-13-17(21)11-7-8-12-17/h4-6,9-10,15,21H,3,7-8,11-13H2,1-2H3,(H,18,20). The van der Waals surface area contributed by atoms with Crippen LogP contribution in [0.25, 0.3) is 0 Å². The van der Waals surface area contributed by atoms with Gasteiger partial charge in [0.2, 0.25) is 5.91 Å². The van der Waals surface area contributed by atoms with Crippen LogP contribution in [0.5, 0.6) is 0 Å². The second-order valence-electron chi connectivity index (χ2n) is 6.04. The van der Waals surface area contributed by atoms with Gasteiger partial charge in [-0.2, -0.15) is 0 Å². The molecular formula is C17H26N2O2. The Hall–Kier alpha value is -1.39. The molecular weight excluding hydrogens is 264 g/mol. The van der Waals surface area contributed by atoms with Crippen molar-refractivity contribution in [3.8, 4) is 0 Å². The largest absolute Gasteiger partial charge is 0.388 e. The summed E-state index contributed by atoms with van der Waals surface area (Å²) in [6.45, 7) is 3.18. The summed E-state index contributed by atoms with van der Waals surface area (Å²) in [5, 5.41) is 13.3. The highest BCUT2D eigenvalue weighted by Gasteiger charge is 2.33. The number of nitrogens with one attached hydrogen (secondary N) is 1. The molecule has 0 bridgehead atoms. The zero-order valence-corrected chi connectivity index (χ0v) is 13.0. The van der Waals surface area contributed by atoms with E-state index in [0.29, 0.717) is 6.54 Å². The Kier molecular flexibility index (Phi) is 5.37. The third kappa shape index (κ3) is 4.05. The van der Waals surface area contributed by atoms with Crippen molar-refractivity contribution >= 4 is 5.91 Å². The van der Waals surface area contributed by atoms with Gasteiger partial charge in [-0.25, -0.2) is 0 Å². The van der Waals surface area contributed by atoms with Gasteiger partial charge in [0.15, 0.2) is 0 Å². The molecule has 1 amide bonds. The number of amides is 1. The second-order valence-corrected chi connectivity index (χ2v) is 6.04. The lowest BCUT2D eigenvalue weighted by Crippen LogP contribution is -2.45. The summed E-state index contributed by atoms with van der Waals surface area (Å²) >= 11 is 0. The number of nitrogens with zero attached hydrogens (tertiary/aromatic N) is 1. The molecule has 1 atom stereocenters. The highest BCUT2D eigenvalue weighted by atomic mass is 16.3. The maximum atomic E-state index is 12.6. The summed E-state index contributed by atoms with van der Waals surface area (Å²) in [5.41, 5.74) is 0.277. The van der Waals surface area contributed by atoms with Crippen molar-refractivity contribution in [1.29, 1.82) is 0 Å². The van der Waals surface area contributed by atoms with Crippen molar-refractivity contribution in [1.82, 2.24) is 10.2 Å². The van der Waals surface area contributed by atoms with Crippen LogP contribution in [0.4, 0.5) is 0 Å². The summed E-state index contributed by atoms with van der Waals surface area (Å²) in [6, 6.07) is 9.49. The summed E-state index contributed by atoms with van der Waals surface area (Å²) in [4.78, 5) is 14.6. The van der Waals surface area contributed by atoms with Crippen LogP contribution in [0.3, 0.4) is 0 Å². The Balaban J connectivity index is 2.04. The fraction of sp³-hybridized carbons (Fsp3) is 0.588. The number of rotatable bonds is 6. The fourth-order valence-electron chi connectivity index (χ4n) is 2.98. The Morgan fingerprint density at radius 2 is 1.95 bits per heavy atom. The van der Waals surface area contributed by atoms with Gasteiger partial charge in [0, 0.05) is 6.54 Å². The summed E-state index contributed by atoms with van der Waals surface area (Å²) in [6.07, 6.45) is 3.66. The molecule has 0 spiro atoms. The molecule has 116 valence electrons. The first-order chi connectivity index (χ1) is 10.1. The average Bonchev–Trinajstić information content (AvgIpc) is 2.93. The number of likely N-dealkylation sites (N-methyl/N-ethyl adjacent to an activating group) is 1. The van der Waals surface area contributed by atoms with E-state index in [2.05, 4.69) is 5.32 Å². The molecule has 21 heavy (non-hydrogen) atoms. The van der Waals surface area contributed by atoms with Gasteiger partial charge in [-0.3, -0.25) is 9.69 Å². The lowest BCUT2D eigenvalue weighted by molar-refractivity contribution is -0.127. The van der Waals surface area contributed by atoms with E-state index in [1.54, 1.807) is 0 Å². The number of aliphatic hydroxyl groups is 1. The Bertz CT molecular complexity index is 455. The van der Waals surface area contributed by atoms with Crippen molar-refractivity contribution in [3.63, 3.8) is 0 Å². The molecule has 0 radical (unpaired) electrons.